The predicted octanol–water partition coefficient (Wildman–Crippen LogP) is 4.01. The average Bonchev–Trinajstić information content (AvgIpc) is 3.07. The first-order valence-electron chi connectivity index (χ1n) is 9.84. The van der Waals surface area contributed by atoms with Crippen molar-refractivity contribution < 1.29 is 23.9 Å². The van der Waals surface area contributed by atoms with Gasteiger partial charge in [0.05, 0.1) is 13.2 Å². The highest BCUT2D eigenvalue weighted by Gasteiger charge is 2.38. The third-order valence-corrected chi connectivity index (χ3v) is 5.37. The molecule has 152 valence electrons. The van der Waals surface area contributed by atoms with E-state index in [-0.39, 0.29) is 12.0 Å². The van der Waals surface area contributed by atoms with Gasteiger partial charge in [0.2, 0.25) is 0 Å². The van der Waals surface area contributed by atoms with Crippen molar-refractivity contribution >= 4 is 30.6 Å². The summed E-state index contributed by atoms with van der Waals surface area (Å²) in [6.07, 6.45) is 4.09. The number of anilines is 2. The number of unbranched alkanes of at least 4 members (excludes halogenated alkanes) is 1. The van der Waals surface area contributed by atoms with Crippen LogP contribution >= 0.6 is 0 Å². The van der Waals surface area contributed by atoms with Gasteiger partial charge in [-0.1, -0.05) is 18.2 Å². The van der Waals surface area contributed by atoms with Crippen LogP contribution in [0.2, 0.25) is 0 Å². The summed E-state index contributed by atoms with van der Waals surface area (Å²) in [6.45, 7) is 1.68. The first kappa shape index (κ1) is 20.6. The Bertz CT molecular complexity index is 823. The number of carbonyl (C=O) groups excluding carboxylic acids is 3. The van der Waals surface area contributed by atoms with Crippen molar-refractivity contribution in [2.24, 2.45) is 0 Å². The van der Waals surface area contributed by atoms with Crippen LogP contribution in [0, 0.1) is 0 Å². The van der Waals surface area contributed by atoms with Crippen molar-refractivity contribution in [3.8, 4) is 0 Å². The summed E-state index contributed by atoms with van der Waals surface area (Å²) in [5.74, 6) is 0.177. The van der Waals surface area contributed by atoms with Crippen molar-refractivity contribution in [3.05, 3.63) is 59.7 Å². The third kappa shape index (κ3) is 4.83. The van der Waals surface area contributed by atoms with Crippen molar-refractivity contribution in [1.82, 2.24) is 0 Å². The highest BCUT2D eigenvalue weighted by molar-refractivity contribution is 5.80. The molecule has 0 saturated heterocycles. The predicted molar refractivity (Wildman–Crippen MR) is 109 cm³/mol. The summed E-state index contributed by atoms with van der Waals surface area (Å²) in [6, 6.07) is 16.0. The number of benzene rings is 2. The van der Waals surface area contributed by atoms with Crippen molar-refractivity contribution in [3.63, 3.8) is 0 Å². The summed E-state index contributed by atoms with van der Waals surface area (Å²) in [7, 11) is 0. The Labute approximate surface area is 170 Å². The largest absolute Gasteiger partial charge is 0.468 e. The zero-order valence-electron chi connectivity index (χ0n) is 16.2. The molecule has 2 aromatic rings. The van der Waals surface area contributed by atoms with Crippen LogP contribution in [0.3, 0.4) is 0 Å². The zero-order valence-corrected chi connectivity index (χ0v) is 16.2. The van der Waals surface area contributed by atoms with E-state index in [9.17, 15) is 14.4 Å². The van der Waals surface area contributed by atoms with Gasteiger partial charge in [-0.3, -0.25) is 14.4 Å². The number of hydrogen-bond donors (Lipinski definition) is 0. The van der Waals surface area contributed by atoms with Crippen LogP contribution in [0.4, 0.5) is 11.4 Å². The molecular formula is C23H25NO5. The molecule has 1 heterocycles. The Kier molecular flexibility index (Phi) is 7.39. The van der Waals surface area contributed by atoms with E-state index >= 15 is 0 Å². The van der Waals surface area contributed by atoms with Crippen LogP contribution < -0.4 is 4.90 Å². The molecule has 2 unspecified atom stereocenters. The van der Waals surface area contributed by atoms with Gasteiger partial charge in [-0.05, 0) is 55.2 Å². The van der Waals surface area contributed by atoms with Gasteiger partial charge in [0, 0.05) is 35.3 Å². The Morgan fingerprint density at radius 1 is 0.862 bits per heavy atom. The molecule has 2 aromatic carbocycles. The van der Waals surface area contributed by atoms with E-state index in [4.69, 9.17) is 9.47 Å². The van der Waals surface area contributed by atoms with E-state index in [1.54, 1.807) is 0 Å². The standard InChI is InChI=1S/C23H25NO5/c25-15-18-9-10-22-21(14-18)20(8-4-5-12-28-16-26)23(11-13-29-17-27)24(22)19-6-2-1-3-7-19/h1-3,6-7,9-10,14-17,20,23H,4-5,8,11-13H2. The first-order valence-corrected chi connectivity index (χ1v) is 9.84. The minimum Gasteiger partial charge on any atom is -0.468 e. The Morgan fingerprint density at radius 2 is 1.62 bits per heavy atom. The SMILES string of the molecule is O=COCCCCC1c2cc(C=O)ccc2N(c2ccccc2)C1CCOC=O. The topological polar surface area (TPSA) is 72.9 Å². The van der Waals surface area contributed by atoms with E-state index in [1.165, 1.54) is 0 Å². The van der Waals surface area contributed by atoms with Crippen LogP contribution in [0.1, 0.15) is 47.5 Å². The average molecular weight is 395 g/mol. The molecule has 2 atom stereocenters. The highest BCUT2D eigenvalue weighted by Crippen LogP contribution is 2.48. The molecule has 6 heteroatoms. The summed E-state index contributed by atoms with van der Waals surface area (Å²) in [5, 5.41) is 0. The molecule has 0 aromatic heterocycles. The van der Waals surface area contributed by atoms with Crippen LogP contribution in [0.15, 0.2) is 48.5 Å². The number of rotatable bonds is 12. The van der Waals surface area contributed by atoms with Crippen LogP contribution in [-0.4, -0.2) is 38.5 Å². The number of para-hydroxylation sites is 1. The maximum atomic E-state index is 11.4. The number of hydrogen-bond acceptors (Lipinski definition) is 6. The lowest BCUT2D eigenvalue weighted by Gasteiger charge is -2.30. The van der Waals surface area contributed by atoms with E-state index in [0.717, 1.165) is 42.5 Å². The minimum atomic E-state index is 0.0984. The quantitative estimate of drug-likeness (QED) is 0.399. The molecule has 29 heavy (non-hydrogen) atoms. The monoisotopic (exact) mass is 395 g/mol. The van der Waals surface area contributed by atoms with Gasteiger partial charge in [-0.2, -0.15) is 0 Å². The van der Waals surface area contributed by atoms with Crippen LogP contribution in [0.5, 0.6) is 0 Å². The summed E-state index contributed by atoms with van der Waals surface area (Å²) < 4.78 is 9.81. The molecule has 0 spiro atoms. The minimum absolute atomic E-state index is 0.0984. The number of carbonyl (C=O) groups is 3. The van der Waals surface area contributed by atoms with E-state index in [1.807, 2.05) is 36.4 Å². The maximum absolute atomic E-state index is 11.4. The van der Waals surface area contributed by atoms with Gasteiger partial charge >= 0.3 is 0 Å². The smallest absolute Gasteiger partial charge is 0.293 e. The second kappa shape index (κ2) is 10.4. The van der Waals surface area contributed by atoms with Crippen molar-refractivity contribution in [2.45, 2.75) is 37.6 Å². The fraction of sp³-hybridized carbons (Fsp3) is 0.348. The fourth-order valence-corrected chi connectivity index (χ4v) is 4.16. The van der Waals surface area contributed by atoms with Gasteiger partial charge in [-0.25, -0.2) is 0 Å². The second-order valence-corrected chi connectivity index (χ2v) is 7.03. The maximum Gasteiger partial charge on any atom is 0.293 e. The Hall–Kier alpha value is -3.15. The molecule has 0 amide bonds. The molecule has 1 aliphatic heterocycles. The van der Waals surface area contributed by atoms with Gasteiger partial charge in [-0.15, -0.1) is 0 Å². The molecule has 0 bridgehead atoms. The lowest BCUT2D eigenvalue weighted by molar-refractivity contribution is -0.129. The number of aldehydes is 1. The second-order valence-electron chi connectivity index (χ2n) is 7.03. The van der Waals surface area contributed by atoms with Crippen molar-refractivity contribution in [2.75, 3.05) is 18.1 Å². The Morgan fingerprint density at radius 3 is 2.34 bits per heavy atom. The molecule has 0 N–H and O–H groups in total. The van der Waals surface area contributed by atoms with Gasteiger partial charge in [0.1, 0.15) is 6.29 Å². The first-order chi connectivity index (χ1) is 14.3. The zero-order chi connectivity index (χ0) is 20.5. The van der Waals surface area contributed by atoms with Crippen LogP contribution in [0.25, 0.3) is 0 Å². The molecular weight excluding hydrogens is 370 g/mol. The molecule has 0 radical (unpaired) electrons. The van der Waals surface area contributed by atoms with Gasteiger partial charge in [0.15, 0.2) is 0 Å². The number of ether oxygens (including phenoxy) is 2. The summed E-state index contributed by atoms with van der Waals surface area (Å²) >= 11 is 0. The van der Waals surface area contributed by atoms with E-state index < -0.39 is 0 Å². The van der Waals surface area contributed by atoms with Crippen LogP contribution in [-0.2, 0) is 19.1 Å². The van der Waals surface area contributed by atoms with Gasteiger partial charge < -0.3 is 14.4 Å². The van der Waals surface area contributed by atoms with E-state index in [0.29, 0.717) is 38.1 Å². The lowest BCUT2D eigenvalue weighted by Crippen LogP contribution is -2.31. The molecule has 0 saturated carbocycles. The normalized spacial score (nSPS) is 17.4. The summed E-state index contributed by atoms with van der Waals surface area (Å²) in [5.41, 5.74) is 3.92. The Balaban J connectivity index is 1.92. The lowest BCUT2D eigenvalue weighted by atomic mass is 9.87. The van der Waals surface area contributed by atoms with E-state index in [2.05, 4.69) is 17.0 Å². The molecule has 0 aliphatic carbocycles. The molecule has 0 fully saturated rings. The molecule has 3 rings (SSSR count). The number of fused-ring (bicyclic) bond motifs is 1. The molecule has 1 aliphatic rings. The summed E-state index contributed by atoms with van der Waals surface area (Å²) in [4.78, 5) is 34.7. The fourth-order valence-electron chi connectivity index (χ4n) is 4.16. The van der Waals surface area contributed by atoms with Gasteiger partial charge in [0.25, 0.3) is 12.9 Å². The molecule has 6 nitrogen and oxygen atoms in total. The highest BCUT2D eigenvalue weighted by atomic mass is 16.5. The van der Waals surface area contributed by atoms with Crippen molar-refractivity contribution in [1.29, 1.82) is 0 Å². The third-order valence-electron chi connectivity index (χ3n) is 5.37. The number of nitrogens with zero attached hydrogens (tertiary/aromatic N) is 1.